The Morgan fingerprint density at radius 2 is 2.23 bits per heavy atom. The Hall–Kier alpha value is -3.40. The fourth-order valence-corrected chi connectivity index (χ4v) is 3.42. The van der Waals surface area contributed by atoms with E-state index in [-0.39, 0.29) is 11.8 Å². The van der Waals surface area contributed by atoms with E-state index < -0.39 is 0 Å². The van der Waals surface area contributed by atoms with Crippen molar-refractivity contribution in [3.63, 3.8) is 0 Å². The Kier molecular flexibility index (Phi) is 4.01. The highest BCUT2D eigenvalue weighted by Crippen LogP contribution is 2.39. The predicted octanol–water partition coefficient (Wildman–Crippen LogP) is 2.50. The normalized spacial score (nSPS) is 16.5. The molecule has 0 unspecified atom stereocenters. The molecule has 3 aromatic rings. The van der Waals surface area contributed by atoms with Crippen LogP contribution in [0.2, 0.25) is 0 Å². The van der Waals surface area contributed by atoms with E-state index in [2.05, 4.69) is 21.4 Å². The number of H-pyrrole nitrogens is 1. The quantitative estimate of drug-likeness (QED) is 0.755. The molecule has 1 aliphatic heterocycles. The van der Waals surface area contributed by atoms with E-state index in [1.165, 1.54) is 0 Å². The van der Waals surface area contributed by atoms with Crippen LogP contribution in [0.1, 0.15) is 30.4 Å². The van der Waals surface area contributed by atoms with Crippen LogP contribution in [-0.4, -0.2) is 34.0 Å². The van der Waals surface area contributed by atoms with Crippen LogP contribution in [0.25, 0.3) is 22.3 Å². The van der Waals surface area contributed by atoms with Gasteiger partial charge in [0.05, 0.1) is 35.8 Å². The van der Waals surface area contributed by atoms with Crippen LogP contribution in [0.4, 0.5) is 0 Å². The number of imidazole rings is 1. The summed E-state index contributed by atoms with van der Waals surface area (Å²) in [7, 11) is 0. The van der Waals surface area contributed by atoms with Crippen molar-refractivity contribution in [1.82, 2.24) is 20.3 Å². The second-order valence-electron chi connectivity index (χ2n) is 6.10. The number of ether oxygens (including phenoxy) is 1. The Labute approximate surface area is 150 Å². The number of hydrogen-bond acceptors (Lipinski definition) is 5. The Morgan fingerprint density at radius 1 is 1.38 bits per heavy atom. The van der Waals surface area contributed by atoms with Crippen molar-refractivity contribution in [2.24, 2.45) is 0 Å². The zero-order valence-corrected chi connectivity index (χ0v) is 14.2. The Morgan fingerprint density at radius 3 is 2.96 bits per heavy atom. The van der Waals surface area contributed by atoms with Gasteiger partial charge in [-0.05, 0) is 13.0 Å². The molecule has 4 rings (SSSR count). The van der Waals surface area contributed by atoms with E-state index in [1.54, 1.807) is 12.4 Å². The first-order valence-electron chi connectivity index (χ1n) is 8.48. The van der Waals surface area contributed by atoms with Crippen molar-refractivity contribution < 1.29 is 9.53 Å². The molecular weight excluding hydrogens is 330 g/mol. The zero-order valence-electron chi connectivity index (χ0n) is 14.2. The minimum Gasteiger partial charge on any atom is -0.476 e. The summed E-state index contributed by atoms with van der Waals surface area (Å²) >= 11 is 0. The van der Waals surface area contributed by atoms with Crippen LogP contribution in [-0.2, 0) is 4.79 Å². The number of aromatic nitrogens is 3. The summed E-state index contributed by atoms with van der Waals surface area (Å²) in [4.78, 5) is 24.1. The molecule has 1 fully saturated rings. The average Bonchev–Trinajstić information content (AvgIpc) is 3.31. The first-order valence-corrected chi connectivity index (χ1v) is 8.48. The number of fused-ring (bicyclic) bond motifs is 1. The zero-order chi connectivity index (χ0) is 18.1. The molecule has 130 valence electrons. The number of nitrogens with one attached hydrogen (secondary N) is 2. The van der Waals surface area contributed by atoms with Gasteiger partial charge in [0.1, 0.15) is 5.52 Å². The number of aromatic amines is 1. The standard InChI is InChI=1S/C19H17N5O2/c1-2-26-19-18-17(22-10-23-18)15(12-7-14(25)21-9-12)16(24-19)13-6-4-3-5-11(13)8-20/h3-6,10,12H,2,7,9H2,1H3,(H,21,25)(H,22,23)/t12-/m0/s1. The third kappa shape index (κ3) is 2.56. The van der Waals surface area contributed by atoms with Crippen LogP contribution >= 0.6 is 0 Å². The molecule has 1 saturated heterocycles. The number of carbonyl (C=O) groups is 1. The highest BCUT2D eigenvalue weighted by atomic mass is 16.5. The summed E-state index contributed by atoms with van der Waals surface area (Å²) in [6.45, 7) is 2.88. The van der Waals surface area contributed by atoms with E-state index in [4.69, 9.17) is 9.72 Å². The van der Waals surface area contributed by atoms with Crippen LogP contribution in [0, 0.1) is 11.3 Å². The fraction of sp³-hybridized carbons (Fsp3) is 0.263. The number of benzene rings is 1. The highest BCUT2D eigenvalue weighted by molar-refractivity contribution is 5.91. The summed E-state index contributed by atoms with van der Waals surface area (Å²) in [6, 6.07) is 9.53. The topological polar surface area (TPSA) is 104 Å². The average molecular weight is 347 g/mol. The number of amides is 1. The monoisotopic (exact) mass is 347 g/mol. The van der Waals surface area contributed by atoms with Crippen molar-refractivity contribution in [1.29, 1.82) is 5.26 Å². The first-order chi connectivity index (χ1) is 12.7. The van der Waals surface area contributed by atoms with E-state index in [1.807, 2.05) is 25.1 Å². The van der Waals surface area contributed by atoms with Gasteiger partial charge in [0, 0.05) is 30.0 Å². The van der Waals surface area contributed by atoms with Crippen LogP contribution < -0.4 is 10.1 Å². The lowest BCUT2D eigenvalue weighted by molar-refractivity contribution is -0.119. The molecule has 1 amide bonds. The number of carbonyl (C=O) groups excluding carboxylic acids is 1. The fourth-order valence-electron chi connectivity index (χ4n) is 3.42. The van der Waals surface area contributed by atoms with Gasteiger partial charge in [-0.1, -0.05) is 18.2 Å². The Balaban J connectivity index is 2.03. The molecule has 2 aromatic heterocycles. The lowest BCUT2D eigenvalue weighted by atomic mass is 9.90. The SMILES string of the molecule is CCOc1nc(-c2ccccc2C#N)c([C@@H]2CNC(=O)C2)c2nc[nH]c12. The molecule has 26 heavy (non-hydrogen) atoms. The minimum atomic E-state index is -0.0572. The van der Waals surface area contributed by atoms with E-state index >= 15 is 0 Å². The smallest absolute Gasteiger partial charge is 0.240 e. The van der Waals surface area contributed by atoms with Gasteiger partial charge >= 0.3 is 0 Å². The van der Waals surface area contributed by atoms with Crippen molar-refractivity contribution in [3.05, 3.63) is 41.7 Å². The summed E-state index contributed by atoms with van der Waals surface area (Å²) in [5.74, 6) is 0.397. The third-order valence-electron chi connectivity index (χ3n) is 4.55. The second kappa shape index (κ2) is 6.48. The van der Waals surface area contributed by atoms with Crippen LogP contribution in [0.5, 0.6) is 5.88 Å². The van der Waals surface area contributed by atoms with Crippen molar-refractivity contribution in [3.8, 4) is 23.2 Å². The largest absolute Gasteiger partial charge is 0.476 e. The van der Waals surface area contributed by atoms with Crippen LogP contribution in [0.3, 0.4) is 0 Å². The third-order valence-corrected chi connectivity index (χ3v) is 4.55. The molecule has 0 spiro atoms. The first kappa shape index (κ1) is 16.1. The molecule has 0 saturated carbocycles. The number of nitriles is 1. The van der Waals surface area contributed by atoms with Crippen molar-refractivity contribution in [2.75, 3.05) is 13.2 Å². The predicted molar refractivity (Wildman–Crippen MR) is 95.6 cm³/mol. The van der Waals surface area contributed by atoms with Gasteiger partial charge in [0.25, 0.3) is 0 Å². The Bertz CT molecular complexity index is 1030. The van der Waals surface area contributed by atoms with Crippen LogP contribution in [0.15, 0.2) is 30.6 Å². The molecule has 3 heterocycles. The molecule has 1 atom stereocenters. The molecule has 1 aliphatic rings. The van der Waals surface area contributed by atoms with Crippen molar-refractivity contribution >= 4 is 16.9 Å². The molecule has 2 N–H and O–H groups in total. The van der Waals surface area contributed by atoms with Gasteiger partial charge in [-0.25, -0.2) is 9.97 Å². The summed E-state index contributed by atoms with van der Waals surface area (Å²) in [5, 5.41) is 12.4. The van der Waals surface area contributed by atoms with Gasteiger partial charge < -0.3 is 15.0 Å². The van der Waals surface area contributed by atoms with Gasteiger partial charge in [0.15, 0.2) is 0 Å². The molecular formula is C19H17N5O2. The number of nitrogens with zero attached hydrogens (tertiary/aromatic N) is 3. The number of hydrogen-bond donors (Lipinski definition) is 2. The number of rotatable bonds is 4. The minimum absolute atomic E-state index is 0.00656. The summed E-state index contributed by atoms with van der Waals surface area (Å²) in [5.41, 5.74) is 4.19. The van der Waals surface area contributed by atoms with Gasteiger partial charge in [-0.3, -0.25) is 4.79 Å². The lowest BCUT2D eigenvalue weighted by Crippen LogP contribution is -2.14. The summed E-state index contributed by atoms with van der Waals surface area (Å²) < 4.78 is 5.70. The molecule has 7 heteroatoms. The summed E-state index contributed by atoms with van der Waals surface area (Å²) in [6.07, 6.45) is 1.97. The number of pyridine rings is 1. The molecule has 7 nitrogen and oxygen atoms in total. The molecule has 0 bridgehead atoms. The highest BCUT2D eigenvalue weighted by Gasteiger charge is 2.31. The maximum atomic E-state index is 11.8. The lowest BCUT2D eigenvalue weighted by Gasteiger charge is -2.17. The maximum Gasteiger partial charge on any atom is 0.240 e. The molecule has 1 aromatic carbocycles. The van der Waals surface area contributed by atoms with Gasteiger partial charge in [-0.2, -0.15) is 5.26 Å². The van der Waals surface area contributed by atoms with Crippen molar-refractivity contribution in [2.45, 2.75) is 19.3 Å². The van der Waals surface area contributed by atoms with E-state index in [9.17, 15) is 10.1 Å². The van der Waals surface area contributed by atoms with Gasteiger partial charge in [0.2, 0.25) is 11.8 Å². The van der Waals surface area contributed by atoms with E-state index in [0.29, 0.717) is 42.2 Å². The second-order valence-corrected chi connectivity index (χ2v) is 6.10. The van der Waals surface area contributed by atoms with E-state index in [0.717, 1.165) is 16.6 Å². The van der Waals surface area contributed by atoms with Gasteiger partial charge in [-0.15, -0.1) is 0 Å². The maximum absolute atomic E-state index is 11.8. The molecule has 0 aliphatic carbocycles. The molecule has 0 radical (unpaired) electrons.